The Morgan fingerprint density at radius 2 is 1.48 bits per heavy atom. The van der Waals surface area contributed by atoms with Crippen LogP contribution in [0.3, 0.4) is 0 Å². The van der Waals surface area contributed by atoms with Gasteiger partial charge in [-0.3, -0.25) is 9.59 Å². The first-order valence-electron chi connectivity index (χ1n) is 12.2. The monoisotopic (exact) mass is 581 g/mol. The van der Waals surface area contributed by atoms with E-state index in [0.717, 1.165) is 11.1 Å². The number of rotatable bonds is 8. The zero-order valence-corrected chi connectivity index (χ0v) is 22.3. The SMILES string of the molecule is O=C(NCc1ccc2c(c1)OCO2)c1cc(CN(Cc2ccc3c(c2)OCO3)C(=O)c2ccc(Cl)cc2Cl)on1. The van der Waals surface area contributed by atoms with Crippen molar-refractivity contribution in [3.8, 4) is 23.0 Å². The number of fused-ring (bicyclic) bond motifs is 2. The maximum atomic E-state index is 13.6. The predicted molar refractivity (Wildman–Crippen MR) is 143 cm³/mol. The Bertz CT molecular complexity index is 1610. The summed E-state index contributed by atoms with van der Waals surface area (Å²) in [6.07, 6.45) is 0. The highest BCUT2D eigenvalue weighted by Gasteiger charge is 2.24. The topological polar surface area (TPSA) is 112 Å². The van der Waals surface area contributed by atoms with E-state index in [1.54, 1.807) is 30.3 Å². The Labute approximate surface area is 238 Å². The molecule has 2 amide bonds. The molecule has 204 valence electrons. The lowest BCUT2D eigenvalue weighted by Gasteiger charge is -2.22. The largest absolute Gasteiger partial charge is 0.454 e. The number of nitrogens with one attached hydrogen (secondary N) is 1. The predicted octanol–water partition coefficient (Wildman–Crippen LogP) is 5.21. The minimum atomic E-state index is -0.429. The molecule has 2 aliphatic heterocycles. The van der Waals surface area contributed by atoms with E-state index in [1.165, 1.54) is 17.0 Å². The summed E-state index contributed by atoms with van der Waals surface area (Å²) < 4.78 is 27.0. The number of hydrogen-bond donors (Lipinski definition) is 1. The first-order chi connectivity index (χ1) is 19.4. The zero-order valence-electron chi connectivity index (χ0n) is 20.8. The van der Waals surface area contributed by atoms with Crippen LogP contribution >= 0.6 is 23.2 Å². The van der Waals surface area contributed by atoms with Crippen LogP contribution in [0.1, 0.15) is 37.7 Å². The molecule has 0 atom stereocenters. The lowest BCUT2D eigenvalue weighted by molar-refractivity contribution is 0.0713. The lowest BCUT2D eigenvalue weighted by atomic mass is 10.1. The van der Waals surface area contributed by atoms with Crippen molar-refractivity contribution < 1.29 is 33.1 Å². The molecule has 12 heteroatoms. The van der Waals surface area contributed by atoms with Gasteiger partial charge < -0.3 is 33.7 Å². The number of hydrogen-bond acceptors (Lipinski definition) is 8. The summed E-state index contributed by atoms with van der Waals surface area (Å²) in [7, 11) is 0. The van der Waals surface area contributed by atoms with Gasteiger partial charge in [0, 0.05) is 24.2 Å². The van der Waals surface area contributed by atoms with E-state index in [-0.39, 0.29) is 55.4 Å². The van der Waals surface area contributed by atoms with Gasteiger partial charge in [-0.15, -0.1) is 0 Å². The number of halogens is 2. The standard InChI is InChI=1S/C28H21Cl2N3O7/c29-18-3-4-20(21(30)9-18)28(35)33(12-17-2-6-24-26(8-17)39-15-37-24)13-19-10-22(32-40-19)27(34)31-11-16-1-5-23-25(7-16)38-14-36-23/h1-10H,11-15H2,(H,31,34). The summed E-state index contributed by atoms with van der Waals surface area (Å²) in [5, 5.41) is 7.34. The number of amides is 2. The molecular formula is C28H21Cl2N3O7. The molecule has 3 heterocycles. The van der Waals surface area contributed by atoms with Gasteiger partial charge in [0.25, 0.3) is 11.8 Å². The third-order valence-electron chi connectivity index (χ3n) is 6.29. The minimum Gasteiger partial charge on any atom is -0.454 e. The Kier molecular flexibility index (Phi) is 7.10. The highest BCUT2D eigenvalue weighted by molar-refractivity contribution is 6.36. The van der Waals surface area contributed by atoms with Gasteiger partial charge in [-0.2, -0.15) is 0 Å². The summed E-state index contributed by atoms with van der Waals surface area (Å²) in [4.78, 5) is 27.9. The van der Waals surface area contributed by atoms with Crippen LogP contribution in [0.25, 0.3) is 0 Å². The number of carbonyl (C=O) groups excluding carboxylic acids is 2. The fourth-order valence-corrected chi connectivity index (χ4v) is 4.79. The van der Waals surface area contributed by atoms with Crippen LogP contribution in [0.15, 0.2) is 65.2 Å². The van der Waals surface area contributed by atoms with Gasteiger partial charge in [-0.1, -0.05) is 40.5 Å². The molecule has 3 aromatic carbocycles. The molecule has 0 fully saturated rings. The fraction of sp³-hybridized carbons (Fsp3) is 0.179. The first kappa shape index (κ1) is 25.8. The van der Waals surface area contributed by atoms with Gasteiger partial charge >= 0.3 is 0 Å². The smallest absolute Gasteiger partial charge is 0.273 e. The Balaban J connectivity index is 1.18. The van der Waals surface area contributed by atoms with E-state index in [9.17, 15) is 9.59 Å². The van der Waals surface area contributed by atoms with Crippen molar-refractivity contribution in [1.29, 1.82) is 0 Å². The summed E-state index contributed by atoms with van der Waals surface area (Å²) in [6.45, 7) is 0.779. The Morgan fingerprint density at radius 1 is 0.800 bits per heavy atom. The quantitative estimate of drug-likeness (QED) is 0.301. The second-order valence-electron chi connectivity index (χ2n) is 9.02. The maximum Gasteiger partial charge on any atom is 0.273 e. The van der Waals surface area contributed by atoms with Gasteiger partial charge in [0.05, 0.1) is 17.1 Å². The summed E-state index contributed by atoms with van der Waals surface area (Å²) in [6, 6.07) is 17.0. The van der Waals surface area contributed by atoms with Crippen molar-refractivity contribution in [1.82, 2.24) is 15.4 Å². The van der Waals surface area contributed by atoms with Crippen molar-refractivity contribution in [2.75, 3.05) is 13.6 Å². The van der Waals surface area contributed by atoms with Gasteiger partial charge in [0.1, 0.15) is 0 Å². The van der Waals surface area contributed by atoms with Crippen LogP contribution in [0.5, 0.6) is 23.0 Å². The fourth-order valence-electron chi connectivity index (χ4n) is 4.30. The number of benzene rings is 3. The van der Waals surface area contributed by atoms with Gasteiger partial charge in [-0.05, 0) is 53.6 Å². The summed E-state index contributed by atoms with van der Waals surface area (Å²) in [5.41, 5.74) is 1.98. The maximum absolute atomic E-state index is 13.6. The number of nitrogens with zero attached hydrogens (tertiary/aromatic N) is 2. The molecule has 4 aromatic rings. The van der Waals surface area contributed by atoms with Crippen molar-refractivity contribution >= 4 is 35.0 Å². The van der Waals surface area contributed by atoms with E-state index in [4.69, 9.17) is 46.7 Å². The van der Waals surface area contributed by atoms with Crippen LogP contribution in [-0.4, -0.2) is 35.5 Å². The van der Waals surface area contributed by atoms with E-state index >= 15 is 0 Å². The minimum absolute atomic E-state index is 0.0225. The molecule has 2 aliphatic rings. The average molecular weight is 582 g/mol. The lowest BCUT2D eigenvalue weighted by Crippen LogP contribution is -2.30. The van der Waals surface area contributed by atoms with Crippen LogP contribution in [0.2, 0.25) is 10.0 Å². The molecule has 0 aliphatic carbocycles. The first-order valence-corrected chi connectivity index (χ1v) is 12.9. The van der Waals surface area contributed by atoms with Crippen LogP contribution in [0, 0.1) is 0 Å². The zero-order chi connectivity index (χ0) is 27.6. The molecule has 6 rings (SSSR count). The number of carbonyl (C=O) groups is 2. The van der Waals surface area contributed by atoms with Crippen molar-refractivity contribution in [3.63, 3.8) is 0 Å². The Morgan fingerprint density at radius 3 is 2.20 bits per heavy atom. The van der Waals surface area contributed by atoms with E-state index in [2.05, 4.69) is 10.5 Å². The van der Waals surface area contributed by atoms with E-state index in [1.807, 2.05) is 18.2 Å². The molecule has 0 radical (unpaired) electrons. The highest BCUT2D eigenvalue weighted by atomic mass is 35.5. The van der Waals surface area contributed by atoms with Crippen molar-refractivity contribution in [2.24, 2.45) is 0 Å². The molecular weight excluding hydrogens is 561 g/mol. The third kappa shape index (κ3) is 5.49. The Hall–Kier alpha value is -4.41. The molecule has 1 aromatic heterocycles. The van der Waals surface area contributed by atoms with Crippen molar-refractivity contribution in [3.05, 3.63) is 98.9 Å². The molecule has 0 saturated heterocycles. The van der Waals surface area contributed by atoms with Crippen LogP contribution in [0.4, 0.5) is 0 Å². The van der Waals surface area contributed by atoms with Gasteiger partial charge in [0.2, 0.25) is 13.6 Å². The van der Waals surface area contributed by atoms with E-state index < -0.39 is 5.91 Å². The molecule has 1 N–H and O–H groups in total. The molecule has 40 heavy (non-hydrogen) atoms. The molecule has 10 nitrogen and oxygen atoms in total. The molecule has 0 unspecified atom stereocenters. The second-order valence-corrected chi connectivity index (χ2v) is 9.87. The third-order valence-corrected chi connectivity index (χ3v) is 6.84. The number of ether oxygens (including phenoxy) is 4. The van der Waals surface area contributed by atoms with Gasteiger partial charge in [0.15, 0.2) is 34.5 Å². The van der Waals surface area contributed by atoms with Crippen molar-refractivity contribution in [2.45, 2.75) is 19.6 Å². The second kappa shape index (κ2) is 11.0. The van der Waals surface area contributed by atoms with Crippen LogP contribution < -0.4 is 24.3 Å². The van der Waals surface area contributed by atoms with Gasteiger partial charge in [-0.25, -0.2) is 0 Å². The van der Waals surface area contributed by atoms with Crippen LogP contribution in [-0.2, 0) is 19.6 Å². The molecule has 0 spiro atoms. The van der Waals surface area contributed by atoms with E-state index in [0.29, 0.717) is 33.8 Å². The summed E-state index contributed by atoms with van der Waals surface area (Å²) in [5.74, 6) is 2.04. The molecule has 0 saturated carbocycles. The average Bonchev–Trinajstić information content (AvgIpc) is 3.71. The number of aromatic nitrogens is 1. The normalized spacial score (nSPS) is 12.8. The molecule has 0 bridgehead atoms. The summed E-state index contributed by atoms with van der Waals surface area (Å²) >= 11 is 12.4. The highest BCUT2D eigenvalue weighted by Crippen LogP contribution is 2.34.